The van der Waals surface area contributed by atoms with Crippen LogP contribution in [0.25, 0.3) is 11.4 Å². The molecule has 9 nitrogen and oxygen atoms in total. The van der Waals surface area contributed by atoms with Crippen molar-refractivity contribution in [2.45, 2.75) is 30.3 Å². The molecule has 0 radical (unpaired) electrons. The first-order valence-corrected chi connectivity index (χ1v) is 12.3. The zero-order valence-corrected chi connectivity index (χ0v) is 18.9. The van der Waals surface area contributed by atoms with Gasteiger partial charge in [0.2, 0.25) is 17.6 Å². The summed E-state index contributed by atoms with van der Waals surface area (Å²) in [5, 5.41) is 4.14. The molecule has 0 amide bonds. The van der Waals surface area contributed by atoms with Gasteiger partial charge in [-0.25, -0.2) is 13.4 Å². The number of methoxy groups -OCH3 is 1. The zero-order chi connectivity index (χ0) is 22.6. The second-order valence-electron chi connectivity index (χ2n) is 7.73. The molecule has 0 saturated carbocycles. The summed E-state index contributed by atoms with van der Waals surface area (Å²) in [6.45, 7) is 2.52. The Kier molecular flexibility index (Phi) is 6.83. The van der Waals surface area contributed by atoms with E-state index < -0.39 is 9.84 Å². The fraction of sp³-hybridized carbons (Fsp3) is 0.409. The van der Waals surface area contributed by atoms with E-state index in [9.17, 15) is 8.42 Å². The Bertz CT molecular complexity index is 1130. The summed E-state index contributed by atoms with van der Waals surface area (Å²) in [4.78, 5) is 11.5. The molecule has 1 atom stereocenters. The van der Waals surface area contributed by atoms with Crippen molar-refractivity contribution < 1.29 is 22.4 Å². The van der Waals surface area contributed by atoms with Gasteiger partial charge in [-0.1, -0.05) is 17.3 Å². The van der Waals surface area contributed by atoms with E-state index in [1.54, 1.807) is 31.5 Å². The number of pyridine rings is 1. The number of hydrogen-bond donors (Lipinski definition) is 0. The van der Waals surface area contributed by atoms with Crippen molar-refractivity contribution in [3.63, 3.8) is 0 Å². The lowest BCUT2D eigenvalue weighted by Gasteiger charge is -2.21. The maximum atomic E-state index is 11.7. The molecule has 1 fully saturated rings. The maximum Gasteiger partial charge on any atom is 0.244 e. The minimum atomic E-state index is -3.20. The van der Waals surface area contributed by atoms with Gasteiger partial charge in [0.25, 0.3) is 0 Å². The van der Waals surface area contributed by atoms with Crippen molar-refractivity contribution in [3.05, 3.63) is 54.0 Å². The SMILES string of the molecule is COCCOc1ccc(-c2noc([C@@H]3CCCN3Cc3ccc(S(C)(=O)=O)cc3)n2)cn1. The van der Waals surface area contributed by atoms with E-state index in [0.29, 0.717) is 42.2 Å². The predicted octanol–water partition coefficient (Wildman–Crippen LogP) is 2.90. The van der Waals surface area contributed by atoms with Gasteiger partial charge in [-0.2, -0.15) is 4.98 Å². The van der Waals surface area contributed by atoms with Crippen molar-refractivity contribution in [1.82, 2.24) is 20.0 Å². The molecule has 0 aliphatic carbocycles. The van der Waals surface area contributed by atoms with E-state index in [-0.39, 0.29) is 6.04 Å². The first-order valence-electron chi connectivity index (χ1n) is 10.4. The summed E-state index contributed by atoms with van der Waals surface area (Å²) in [7, 11) is -1.58. The van der Waals surface area contributed by atoms with Crippen LogP contribution in [0.15, 0.2) is 52.0 Å². The molecule has 1 aliphatic rings. The minimum Gasteiger partial charge on any atom is -0.475 e. The van der Waals surface area contributed by atoms with Crippen LogP contribution < -0.4 is 4.74 Å². The quantitative estimate of drug-likeness (QED) is 0.447. The lowest BCUT2D eigenvalue weighted by atomic mass is 10.2. The second kappa shape index (κ2) is 9.76. The molecule has 0 spiro atoms. The standard InChI is InChI=1S/C22H26N4O5S/c1-29-12-13-30-20-10-7-17(14-23-20)21-24-22(31-25-21)19-4-3-11-26(19)15-16-5-8-18(9-6-16)32(2,27)28/h5-10,14,19H,3-4,11-13,15H2,1-2H3/t19-/m0/s1. The lowest BCUT2D eigenvalue weighted by molar-refractivity contribution is 0.144. The summed E-state index contributed by atoms with van der Waals surface area (Å²) < 4.78 is 39.4. The van der Waals surface area contributed by atoms with Crippen LogP contribution in [0.4, 0.5) is 0 Å². The number of hydrogen-bond acceptors (Lipinski definition) is 9. The van der Waals surface area contributed by atoms with Crippen LogP contribution in [0.2, 0.25) is 0 Å². The summed E-state index contributed by atoms with van der Waals surface area (Å²) in [5.41, 5.74) is 1.79. The topological polar surface area (TPSA) is 108 Å². The summed E-state index contributed by atoms with van der Waals surface area (Å²) in [5.74, 6) is 1.57. The monoisotopic (exact) mass is 458 g/mol. The van der Waals surface area contributed by atoms with Gasteiger partial charge in [0, 0.05) is 37.7 Å². The third-order valence-corrected chi connectivity index (χ3v) is 6.49. The van der Waals surface area contributed by atoms with E-state index in [1.165, 1.54) is 6.26 Å². The molecule has 3 heterocycles. The average molecular weight is 459 g/mol. The number of ether oxygens (including phenoxy) is 2. The normalized spacial score (nSPS) is 17.0. The van der Waals surface area contributed by atoms with Crippen molar-refractivity contribution in [2.75, 3.05) is 33.1 Å². The third-order valence-electron chi connectivity index (χ3n) is 5.36. The molecule has 170 valence electrons. The fourth-order valence-corrected chi connectivity index (χ4v) is 4.32. The number of likely N-dealkylation sites (tertiary alicyclic amines) is 1. The smallest absolute Gasteiger partial charge is 0.244 e. The lowest BCUT2D eigenvalue weighted by Crippen LogP contribution is -2.23. The molecule has 3 aromatic rings. The second-order valence-corrected chi connectivity index (χ2v) is 9.74. The van der Waals surface area contributed by atoms with Crippen LogP contribution in [-0.4, -0.2) is 61.6 Å². The molecule has 0 bridgehead atoms. The van der Waals surface area contributed by atoms with Crippen LogP contribution >= 0.6 is 0 Å². The van der Waals surface area contributed by atoms with Gasteiger partial charge >= 0.3 is 0 Å². The van der Waals surface area contributed by atoms with Gasteiger partial charge in [-0.3, -0.25) is 4.90 Å². The molecule has 0 unspecified atom stereocenters. The van der Waals surface area contributed by atoms with Crippen molar-refractivity contribution in [1.29, 1.82) is 0 Å². The zero-order valence-electron chi connectivity index (χ0n) is 18.1. The minimum absolute atomic E-state index is 0.0236. The molecule has 2 aromatic heterocycles. The number of aromatic nitrogens is 3. The first-order chi connectivity index (χ1) is 15.4. The molecule has 4 rings (SSSR count). The molecule has 32 heavy (non-hydrogen) atoms. The van der Waals surface area contributed by atoms with Crippen molar-refractivity contribution in [3.8, 4) is 17.3 Å². The molecular formula is C22H26N4O5S. The summed E-state index contributed by atoms with van der Waals surface area (Å²) in [6, 6.07) is 10.6. The number of nitrogens with zero attached hydrogens (tertiary/aromatic N) is 4. The van der Waals surface area contributed by atoms with E-state index in [2.05, 4.69) is 20.0 Å². The Hall–Kier alpha value is -2.82. The highest BCUT2D eigenvalue weighted by Gasteiger charge is 2.31. The van der Waals surface area contributed by atoms with Gasteiger partial charge in [-0.05, 0) is 43.1 Å². The van der Waals surface area contributed by atoms with Crippen LogP contribution in [0, 0.1) is 0 Å². The highest BCUT2D eigenvalue weighted by molar-refractivity contribution is 7.90. The first kappa shape index (κ1) is 22.4. The predicted molar refractivity (Wildman–Crippen MR) is 117 cm³/mol. The van der Waals surface area contributed by atoms with E-state index in [0.717, 1.165) is 30.5 Å². The summed E-state index contributed by atoms with van der Waals surface area (Å²) >= 11 is 0. The van der Waals surface area contributed by atoms with E-state index >= 15 is 0 Å². The molecule has 1 saturated heterocycles. The van der Waals surface area contributed by atoms with E-state index in [1.807, 2.05) is 18.2 Å². The molecular weight excluding hydrogens is 432 g/mol. The van der Waals surface area contributed by atoms with Crippen LogP contribution in [-0.2, 0) is 21.1 Å². The number of benzene rings is 1. The average Bonchev–Trinajstić information content (AvgIpc) is 3.44. The van der Waals surface area contributed by atoms with Gasteiger partial charge in [-0.15, -0.1) is 0 Å². The Morgan fingerprint density at radius 1 is 1.16 bits per heavy atom. The van der Waals surface area contributed by atoms with Gasteiger partial charge in [0.15, 0.2) is 9.84 Å². The Labute approximate surface area is 187 Å². The Morgan fingerprint density at radius 3 is 2.66 bits per heavy atom. The highest BCUT2D eigenvalue weighted by Crippen LogP contribution is 2.33. The summed E-state index contributed by atoms with van der Waals surface area (Å²) in [6.07, 6.45) is 4.82. The maximum absolute atomic E-state index is 11.7. The third kappa shape index (κ3) is 5.32. The Balaban J connectivity index is 1.42. The molecule has 1 aromatic carbocycles. The number of rotatable bonds is 9. The molecule has 0 N–H and O–H groups in total. The van der Waals surface area contributed by atoms with Crippen LogP contribution in [0.5, 0.6) is 5.88 Å². The Morgan fingerprint density at radius 2 is 1.97 bits per heavy atom. The highest BCUT2D eigenvalue weighted by atomic mass is 32.2. The van der Waals surface area contributed by atoms with Crippen molar-refractivity contribution in [2.24, 2.45) is 0 Å². The van der Waals surface area contributed by atoms with Crippen LogP contribution in [0.1, 0.15) is 30.3 Å². The van der Waals surface area contributed by atoms with Gasteiger partial charge in [0.05, 0.1) is 17.5 Å². The largest absolute Gasteiger partial charge is 0.475 e. The fourth-order valence-electron chi connectivity index (χ4n) is 3.69. The van der Waals surface area contributed by atoms with E-state index in [4.69, 9.17) is 14.0 Å². The molecule has 10 heteroatoms. The van der Waals surface area contributed by atoms with Gasteiger partial charge in [0.1, 0.15) is 6.61 Å². The molecule has 1 aliphatic heterocycles. The number of sulfone groups is 1. The van der Waals surface area contributed by atoms with Gasteiger partial charge < -0.3 is 14.0 Å². The van der Waals surface area contributed by atoms with Crippen LogP contribution in [0.3, 0.4) is 0 Å². The van der Waals surface area contributed by atoms with Crippen molar-refractivity contribution >= 4 is 9.84 Å².